The summed E-state index contributed by atoms with van der Waals surface area (Å²) in [6.07, 6.45) is 2.09. The molecule has 0 aliphatic carbocycles. The number of nitrogens with one attached hydrogen (secondary N) is 3. The number of rotatable bonds is 5. The van der Waals surface area contributed by atoms with E-state index >= 15 is 0 Å². The molecule has 9 heteroatoms. The van der Waals surface area contributed by atoms with Gasteiger partial charge in [-0.05, 0) is 55.6 Å². The summed E-state index contributed by atoms with van der Waals surface area (Å²) in [5.41, 5.74) is 1.56. The quantitative estimate of drug-likeness (QED) is 0.566. The van der Waals surface area contributed by atoms with E-state index in [1.54, 1.807) is 11.3 Å². The average molecular weight is 437 g/mol. The van der Waals surface area contributed by atoms with Crippen LogP contribution in [0.4, 0.5) is 10.8 Å². The first-order chi connectivity index (χ1) is 13.2. The Morgan fingerprint density at radius 1 is 1.18 bits per heavy atom. The van der Waals surface area contributed by atoms with Gasteiger partial charge in [0.15, 0.2) is 5.13 Å². The Hall–Kier alpha value is -2.00. The Balaban J connectivity index is 0.00000225. The fourth-order valence-corrected chi connectivity index (χ4v) is 4.74. The fourth-order valence-electron chi connectivity index (χ4n) is 3.12. The van der Waals surface area contributed by atoms with Crippen molar-refractivity contribution >= 4 is 67.9 Å². The third-order valence-corrected chi connectivity index (χ3v) is 6.34. The Kier molecular flexibility index (Phi) is 7.01. The minimum Gasteiger partial charge on any atom is -0.326 e. The smallest absolute Gasteiger partial charge is 0.229 e. The van der Waals surface area contributed by atoms with Gasteiger partial charge in [-0.3, -0.25) is 9.59 Å². The SMILES string of the molecule is Cl.O=C(Cc1cccs1)Nc1ccc2nc(NC(=O)C3CCNCC3)sc2c1. The number of anilines is 2. The lowest BCUT2D eigenvalue weighted by Crippen LogP contribution is -2.34. The lowest BCUT2D eigenvalue weighted by atomic mass is 9.97. The second kappa shape index (κ2) is 9.47. The van der Waals surface area contributed by atoms with Gasteiger partial charge >= 0.3 is 0 Å². The summed E-state index contributed by atoms with van der Waals surface area (Å²) in [5.74, 6) is 0.0474. The first-order valence-corrected chi connectivity index (χ1v) is 10.6. The van der Waals surface area contributed by atoms with Crippen molar-refractivity contribution in [2.45, 2.75) is 19.3 Å². The van der Waals surface area contributed by atoms with Crippen molar-refractivity contribution in [2.75, 3.05) is 23.7 Å². The average Bonchev–Trinajstić information content (AvgIpc) is 3.31. The first kappa shape index (κ1) is 20.7. The maximum atomic E-state index is 12.4. The molecule has 0 radical (unpaired) electrons. The molecular formula is C19H21ClN4O2S2. The monoisotopic (exact) mass is 436 g/mol. The summed E-state index contributed by atoms with van der Waals surface area (Å²) in [4.78, 5) is 30.1. The molecule has 148 valence electrons. The molecule has 3 aromatic rings. The van der Waals surface area contributed by atoms with Crippen LogP contribution in [0.1, 0.15) is 17.7 Å². The molecule has 1 saturated heterocycles. The summed E-state index contributed by atoms with van der Waals surface area (Å²) in [7, 11) is 0. The minimum absolute atomic E-state index is 0. The molecule has 4 rings (SSSR count). The number of amides is 2. The van der Waals surface area contributed by atoms with Crippen molar-refractivity contribution in [3.05, 3.63) is 40.6 Å². The van der Waals surface area contributed by atoms with E-state index in [9.17, 15) is 9.59 Å². The van der Waals surface area contributed by atoms with Gasteiger partial charge < -0.3 is 16.0 Å². The van der Waals surface area contributed by atoms with Gasteiger partial charge in [-0.15, -0.1) is 23.7 Å². The van der Waals surface area contributed by atoms with Crippen LogP contribution in [0.25, 0.3) is 10.2 Å². The maximum absolute atomic E-state index is 12.4. The number of carbonyl (C=O) groups excluding carboxylic acids is 2. The maximum Gasteiger partial charge on any atom is 0.229 e. The van der Waals surface area contributed by atoms with Gasteiger partial charge in [-0.25, -0.2) is 4.98 Å². The molecule has 2 amide bonds. The Morgan fingerprint density at radius 3 is 2.75 bits per heavy atom. The normalized spacial score (nSPS) is 14.4. The molecule has 0 saturated carbocycles. The molecular weight excluding hydrogens is 416 g/mol. The van der Waals surface area contributed by atoms with Crippen LogP contribution in [0.3, 0.4) is 0 Å². The number of halogens is 1. The molecule has 2 aromatic heterocycles. The zero-order chi connectivity index (χ0) is 18.6. The van der Waals surface area contributed by atoms with Gasteiger partial charge in [-0.2, -0.15) is 0 Å². The summed E-state index contributed by atoms with van der Waals surface area (Å²) in [5, 5.41) is 11.7. The van der Waals surface area contributed by atoms with Crippen LogP contribution < -0.4 is 16.0 Å². The number of benzene rings is 1. The van der Waals surface area contributed by atoms with Crippen LogP contribution in [0, 0.1) is 5.92 Å². The number of nitrogens with zero attached hydrogens (tertiary/aromatic N) is 1. The van der Waals surface area contributed by atoms with Crippen LogP contribution in [0.2, 0.25) is 0 Å². The van der Waals surface area contributed by atoms with Gasteiger partial charge in [0, 0.05) is 16.5 Å². The summed E-state index contributed by atoms with van der Waals surface area (Å²) >= 11 is 3.00. The third kappa shape index (κ3) is 5.08. The number of hydrogen-bond acceptors (Lipinski definition) is 6. The molecule has 3 heterocycles. The number of thiophene rings is 1. The minimum atomic E-state index is -0.0410. The third-order valence-electron chi connectivity index (χ3n) is 4.53. The predicted molar refractivity (Wildman–Crippen MR) is 118 cm³/mol. The molecule has 0 atom stereocenters. The molecule has 0 bridgehead atoms. The second-order valence-electron chi connectivity index (χ2n) is 6.52. The number of piperidine rings is 1. The van der Waals surface area contributed by atoms with E-state index in [1.807, 2.05) is 35.7 Å². The molecule has 1 fully saturated rings. The van der Waals surface area contributed by atoms with Crippen LogP contribution >= 0.6 is 35.1 Å². The largest absolute Gasteiger partial charge is 0.326 e. The van der Waals surface area contributed by atoms with Crippen molar-refractivity contribution in [1.29, 1.82) is 0 Å². The summed E-state index contributed by atoms with van der Waals surface area (Å²) in [6, 6.07) is 9.50. The van der Waals surface area contributed by atoms with Crippen LogP contribution in [-0.2, 0) is 16.0 Å². The van der Waals surface area contributed by atoms with E-state index < -0.39 is 0 Å². The number of thiazole rings is 1. The van der Waals surface area contributed by atoms with E-state index in [0.29, 0.717) is 11.6 Å². The van der Waals surface area contributed by atoms with Crippen molar-refractivity contribution in [3.63, 3.8) is 0 Å². The van der Waals surface area contributed by atoms with E-state index in [1.165, 1.54) is 11.3 Å². The molecule has 6 nitrogen and oxygen atoms in total. The lowest BCUT2D eigenvalue weighted by molar-refractivity contribution is -0.120. The van der Waals surface area contributed by atoms with Crippen LogP contribution in [0.15, 0.2) is 35.7 Å². The molecule has 0 spiro atoms. The fraction of sp³-hybridized carbons (Fsp3) is 0.316. The predicted octanol–water partition coefficient (Wildman–Crippen LogP) is 3.90. The van der Waals surface area contributed by atoms with Gasteiger partial charge in [0.1, 0.15) is 0 Å². The lowest BCUT2D eigenvalue weighted by Gasteiger charge is -2.20. The van der Waals surface area contributed by atoms with Gasteiger partial charge in [-0.1, -0.05) is 17.4 Å². The van der Waals surface area contributed by atoms with Gasteiger partial charge in [0.05, 0.1) is 16.6 Å². The number of aromatic nitrogens is 1. The summed E-state index contributed by atoms with van der Waals surface area (Å²) in [6.45, 7) is 1.76. The standard InChI is InChI=1S/C19H20N4O2S2.ClH/c24-17(11-14-2-1-9-26-14)21-13-3-4-15-16(10-13)27-19(22-15)23-18(25)12-5-7-20-8-6-12;/h1-4,9-10,12,20H,5-8,11H2,(H,21,24)(H,22,23,25);1H. The topological polar surface area (TPSA) is 83.1 Å². The molecule has 1 aromatic carbocycles. The molecule has 0 unspecified atom stereocenters. The Labute approximate surface area is 177 Å². The van der Waals surface area contributed by atoms with Gasteiger partial charge in [0.25, 0.3) is 0 Å². The highest BCUT2D eigenvalue weighted by molar-refractivity contribution is 7.22. The van der Waals surface area contributed by atoms with Crippen molar-refractivity contribution in [2.24, 2.45) is 5.92 Å². The van der Waals surface area contributed by atoms with Crippen LogP contribution in [0.5, 0.6) is 0 Å². The Bertz CT molecular complexity index is 952. The van der Waals surface area contributed by atoms with E-state index in [2.05, 4.69) is 20.9 Å². The summed E-state index contributed by atoms with van der Waals surface area (Å²) < 4.78 is 0.935. The first-order valence-electron chi connectivity index (χ1n) is 8.92. The highest BCUT2D eigenvalue weighted by Gasteiger charge is 2.21. The van der Waals surface area contributed by atoms with Crippen LogP contribution in [-0.4, -0.2) is 29.9 Å². The number of hydrogen-bond donors (Lipinski definition) is 3. The van der Waals surface area contributed by atoms with Crippen molar-refractivity contribution < 1.29 is 9.59 Å². The van der Waals surface area contributed by atoms with Crippen molar-refractivity contribution in [1.82, 2.24) is 10.3 Å². The van der Waals surface area contributed by atoms with E-state index in [0.717, 1.165) is 46.7 Å². The van der Waals surface area contributed by atoms with Gasteiger partial charge in [0.2, 0.25) is 11.8 Å². The van der Waals surface area contributed by atoms with E-state index in [4.69, 9.17) is 0 Å². The zero-order valence-electron chi connectivity index (χ0n) is 15.1. The second-order valence-corrected chi connectivity index (χ2v) is 8.58. The highest BCUT2D eigenvalue weighted by Crippen LogP contribution is 2.29. The van der Waals surface area contributed by atoms with E-state index in [-0.39, 0.29) is 30.1 Å². The molecule has 1 aliphatic heterocycles. The Morgan fingerprint density at radius 2 is 2.00 bits per heavy atom. The number of carbonyl (C=O) groups is 2. The molecule has 28 heavy (non-hydrogen) atoms. The molecule has 3 N–H and O–H groups in total. The highest BCUT2D eigenvalue weighted by atomic mass is 35.5. The number of fused-ring (bicyclic) bond motifs is 1. The van der Waals surface area contributed by atoms with Crippen molar-refractivity contribution in [3.8, 4) is 0 Å². The molecule has 1 aliphatic rings. The zero-order valence-corrected chi connectivity index (χ0v) is 17.5.